The summed E-state index contributed by atoms with van der Waals surface area (Å²) in [5.41, 5.74) is 1.32. The van der Waals surface area contributed by atoms with Gasteiger partial charge in [0.05, 0.1) is 12.6 Å². The van der Waals surface area contributed by atoms with Crippen LogP contribution in [-0.4, -0.2) is 34.5 Å². The van der Waals surface area contributed by atoms with Gasteiger partial charge in [-0.15, -0.1) is 0 Å². The lowest BCUT2D eigenvalue weighted by molar-refractivity contribution is 0.0518. The zero-order chi connectivity index (χ0) is 21.4. The monoisotopic (exact) mass is 400 g/mol. The Morgan fingerprint density at radius 3 is 2.41 bits per heavy atom. The van der Waals surface area contributed by atoms with Crippen LogP contribution in [0.4, 0.5) is 15.3 Å². The zero-order valence-electron chi connectivity index (χ0n) is 17.0. The minimum absolute atomic E-state index is 0.204. The van der Waals surface area contributed by atoms with E-state index in [9.17, 15) is 19.8 Å². The van der Waals surface area contributed by atoms with E-state index in [4.69, 9.17) is 4.74 Å². The maximum Gasteiger partial charge on any atom is 0.412 e. The summed E-state index contributed by atoms with van der Waals surface area (Å²) in [5, 5.41) is 22.7. The number of carboxylic acid groups (broad SMARTS) is 1. The van der Waals surface area contributed by atoms with Crippen molar-refractivity contribution < 1.29 is 24.5 Å². The van der Waals surface area contributed by atoms with Crippen molar-refractivity contribution >= 4 is 17.9 Å². The first-order valence-electron chi connectivity index (χ1n) is 9.45. The lowest BCUT2D eigenvalue weighted by atomic mass is 10.1. The van der Waals surface area contributed by atoms with E-state index in [0.29, 0.717) is 11.3 Å². The van der Waals surface area contributed by atoms with E-state index in [1.54, 1.807) is 45.0 Å². The number of aliphatic hydroxyl groups excluding tert-OH is 1. The number of alkyl carbamates (subject to hydrolysis) is 1. The largest absolute Gasteiger partial charge is 0.465 e. The highest BCUT2D eigenvalue weighted by molar-refractivity contribution is 5.86. The molecule has 2 aromatic rings. The Morgan fingerprint density at radius 1 is 1.10 bits per heavy atom. The Hall–Kier alpha value is -3.06. The molecule has 0 aliphatic carbocycles. The number of amides is 2. The van der Waals surface area contributed by atoms with Crippen molar-refractivity contribution in [2.45, 2.75) is 45.4 Å². The molecule has 0 bridgehead atoms. The first-order valence-corrected chi connectivity index (χ1v) is 9.45. The lowest BCUT2D eigenvalue weighted by Gasteiger charge is -2.22. The van der Waals surface area contributed by atoms with Gasteiger partial charge in [0.25, 0.3) is 0 Å². The standard InChI is InChI=1S/C22H28N2O5/c1-22(2,3)29-20(26)23-13-12-19(25)17-10-7-11-18(14-17)24(21(27)28)15-16-8-5-4-6-9-16/h4-11,14,19,25H,12-13,15H2,1-3H3,(H,23,26)(H,27,28). The van der Waals surface area contributed by atoms with Crippen molar-refractivity contribution in [1.82, 2.24) is 5.32 Å². The van der Waals surface area contributed by atoms with E-state index < -0.39 is 23.9 Å². The van der Waals surface area contributed by atoms with Crippen molar-refractivity contribution in [2.24, 2.45) is 0 Å². The van der Waals surface area contributed by atoms with Crippen LogP contribution in [0.15, 0.2) is 54.6 Å². The van der Waals surface area contributed by atoms with Gasteiger partial charge in [-0.05, 0) is 50.5 Å². The van der Waals surface area contributed by atoms with E-state index in [0.717, 1.165) is 5.56 Å². The van der Waals surface area contributed by atoms with Crippen LogP contribution in [0.3, 0.4) is 0 Å². The molecule has 0 fully saturated rings. The predicted molar refractivity (Wildman–Crippen MR) is 111 cm³/mol. The maximum absolute atomic E-state index is 11.7. The van der Waals surface area contributed by atoms with Gasteiger partial charge in [-0.2, -0.15) is 0 Å². The summed E-state index contributed by atoms with van der Waals surface area (Å²) >= 11 is 0. The number of hydrogen-bond donors (Lipinski definition) is 3. The second kappa shape index (κ2) is 9.93. The highest BCUT2D eigenvalue weighted by Gasteiger charge is 2.18. The molecule has 1 unspecified atom stereocenters. The van der Waals surface area contributed by atoms with E-state index in [1.807, 2.05) is 30.3 Å². The molecule has 2 rings (SSSR count). The summed E-state index contributed by atoms with van der Waals surface area (Å²) in [5.74, 6) is 0. The van der Waals surface area contributed by atoms with E-state index in [1.165, 1.54) is 4.90 Å². The Labute approximate surface area is 170 Å². The Kier molecular flexibility index (Phi) is 7.61. The Morgan fingerprint density at radius 2 is 1.79 bits per heavy atom. The average molecular weight is 400 g/mol. The molecule has 0 saturated heterocycles. The number of rotatable bonds is 7. The summed E-state index contributed by atoms with van der Waals surface area (Å²) < 4.78 is 5.16. The number of carbonyl (C=O) groups excluding carboxylic acids is 1. The molecule has 0 spiro atoms. The molecule has 0 aromatic heterocycles. The first-order chi connectivity index (χ1) is 13.7. The van der Waals surface area contributed by atoms with Crippen LogP contribution < -0.4 is 10.2 Å². The van der Waals surface area contributed by atoms with Crippen LogP contribution >= 0.6 is 0 Å². The number of benzene rings is 2. The summed E-state index contributed by atoms with van der Waals surface area (Å²) in [6.45, 7) is 5.76. The second-order valence-corrected chi connectivity index (χ2v) is 7.68. The normalized spacial score (nSPS) is 12.1. The quantitative estimate of drug-likeness (QED) is 0.643. The van der Waals surface area contributed by atoms with Gasteiger partial charge >= 0.3 is 12.2 Å². The molecule has 29 heavy (non-hydrogen) atoms. The van der Waals surface area contributed by atoms with Gasteiger partial charge in [-0.1, -0.05) is 42.5 Å². The van der Waals surface area contributed by atoms with Crippen LogP contribution in [-0.2, 0) is 11.3 Å². The average Bonchev–Trinajstić information content (AvgIpc) is 2.65. The SMILES string of the molecule is CC(C)(C)OC(=O)NCCC(O)c1cccc(N(Cc2ccccc2)C(=O)O)c1. The van der Waals surface area contributed by atoms with E-state index in [-0.39, 0.29) is 19.5 Å². The summed E-state index contributed by atoms with van der Waals surface area (Å²) in [6.07, 6.45) is -2.20. The third-order valence-electron chi connectivity index (χ3n) is 4.07. The Bertz CT molecular complexity index is 817. The molecule has 0 radical (unpaired) electrons. The van der Waals surface area contributed by atoms with Gasteiger partial charge in [0, 0.05) is 12.2 Å². The molecule has 156 valence electrons. The van der Waals surface area contributed by atoms with Gasteiger partial charge in [-0.25, -0.2) is 9.59 Å². The van der Waals surface area contributed by atoms with Crippen molar-refractivity contribution in [3.05, 3.63) is 65.7 Å². The van der Waals surface area contributed by atoms with Crippen LogP contribution in [0.2, 0.25) is 0 Å². The molecule has 0 heterocycles. The number of hydrogen-bond acceptors (Lipinski definition) is 4. The molecular formula is C22H28N2O5. The van der Waals surface area contributed by atoms with Crippen LogP contribution in [0.1, 0.15) is 44.4 Å². The lowest BCUT2D eigenvalue weighted by Crippen LogP contribution is -2.33. The van der Waals surface area contributed by atoms with E-state index in [2.05, 4.69) is 5.32 Å². The van der Waals surface area contributed by atoms with Gasteiger partial charge < -0.3 is 20.3 Å². The predicted octanol–water partition coefficient (Wildman–Crippen LogP) is 4.32. The number of ether oxygens (including phenoxy) is 1. The van der Waals surface area contributed by atoms with Crippen LogP contribution in [0, 0.1) is 0 Å². The minimum atomic E-state index is -1.08. The molecule has 7 nitrogen and oxygen atoms in total. The molecular weight excluding hydrogens is 372 g/mol. The third kappa shape index (κ3) is 7.46. The van der Waals surface area contributed by atoms with Crippen molar-refractivity contribution in [1.29, 1.82) is 0 Å². The fourth-order valence-electron chi connectivity index (χ4n) is 2.73. The molecule has 1 atom stereocenters. The van der Waals surface area contributed by atoms with Crippen molar-refractivity contribution in [3.8, 4) is 0 Å². The molecule has 7 heteroatoms. The van der Waals surface area contributed by atoms with Crippen molar-refractivity contribution in [3.63, 3.8) is 0 Å². The van der Waals surface area contributed by atoms with Gasteiger partial charge in [0.2, 0.25) is 0 Å². The van der Waals surface area contributed by atoms with Crippen molar-refractivity contribution in [2.75, 3.05) is 11.4 Å². The first kappa shape index (κ1) is 22.2. The molecule has 0 aliphatic heterocycles. The van der Waals surface area contributed by atoms with Gasteiger partial charge in [0.1, 0.15) is 5.60 Å². The van der Waals surface area contributed by atoms with Gasteiger partial charge in [0.15, 0.2) is 0 Å². The van der Waals surface area contributed by atoms with E-state index >= 15 is 0 Å². The number of aliphatic hydroxyl groups is 1. The topological polar surface area (TPSA) is 99.1 Å². The number of nitrogens with one attached hydrogen (secondary N) is 1. The maximum atomic E-state index is 11.7. The summed E-state index contributed by atoms with van der Waals surface area (Å²) in [4.78, 5) is 24.7. The van der Waals surface area contributed by atoms with Gasteiger partial charge in [-0.3, -0.25) is 4.90 Å². The molecule has 2 aromatic carbocycles. The minimum Gasteiger partial charge on any atom is -0.465 e. The highest BCUT2D eigenvalue weighted by atomic mass is 16.6. The fraction of sp³-hybridized carbons (Fsp3) is 0.364. The molecule has 3 N–H and O–H groups in total. The number of carbonyl (C=O) groups is 2. The van der Waals surface area contributed by atoms with Crippen LogP contribution in [0.25, 0.3) is 0 Å². The summed E-state index contributed by atoms with van der Waals surface area (Å²) in [6, 6.07) is 16.1. The second-order valence-electron chi connectivity index (χ2n) is 7.68. The smallest absolute Gasteiger partial charge is 0.412 e. The molecule has 2 amide bonds. The van der Waals surface area contributed by atoms with Crippen LogP contribution in [0.5, 0.6) is 0 Å². The summed E-state index contributed by atoms with van der Waals surface area (Å²) in [7, 11) is 0. The number of anilines is 1. The highest BCUT2D eigenvalue weighted by Crippen LogP contribution is 2.24. The molecule has 0 saturated carbocycles. The fourth-order valence-corrected chi connectivity index (χ4v) is 2.73. The molecule has 0 aliphatic rings. The Balaban J connectivity index is 2.01. The number of nitrogens with zero attached hydrogens (tertiary/aromatic N) is 1. The third-order valence-corrected chi connectivity index (χ3v) is 4.07. The zero-order valence-corrected chi connectivity index (χ0v) is 17.0.